The number of hydrogen-bond donors (Lipinski definition) is 0. The summed E-state index contributed by atoms with van der Waals surface area (Å²) in [7, 11) is 0. The normalized spacial score (nSPS) is 12.1. The van der Waals surface area contributed by atoms with Crippen LogP contribution in [0.3, 0.4) is 0 Å². The van der Waals surface area contributed by atoms with Crippen molar-refractivity contribution in [2.24, 2.45) is 0 Å². The first kappa shape index (κ1) is 17.8. The molecule has 4 aromatic carbocycles. The van der Waals surface area contributed by atoms with Crippen molar-refractivity contribution in [3.63, 3.8) is 0 Å². The Morgan fingerprint density at radius 3 is 2.18 bits per heavy atom. The van der Waals surface area contributed by atoms with Crippen LogP contribution in [0.15, 0.2) is 109 Å². The van der Waals surface area contributed by atoms with Crippen LogP contribution in [0.25, 0.3) is 65.8 Å². The van der Waals surface area contributed by atoms with Crippen molar-refractivity contribution in [1.29, 1.82) is 0 Å². The molecule has 0 aliphatic rings. The Morgan fingerprint density at radius 1 is 0.559 bits per heavy atom. The summed E-state index contributed by atoms with van der Waals surface area (Å²) in [5.41, 5.74) is 7.67. The molecule has 0 radical (unpaired) electrons. The topological polar surface area (TPSA) is 35.1 Å². The molecule has 0 saturated heterocycles. The highest BCUT2D eigenvalue weighted by molar-refractivity contribution is 6.27. The number of imidazole rings is 1. The van der Waals surface area contributed by atoms with E-state index in [9.17, 15) is 0 Å². The molecule has 0 amide bonds. The van der Waals surface area contributed by atoms with E-state index in [0.29, 0.717) is 0 Å². The predicted octanol–water partition coefficient (Wildman–Crippen LogP) is 7.29. The fraction of sp³-hybridized carbons (Fsp3) is 0. The predicted molar refractivity (Wildman–Crippen MR) is 140 cm³/mol. The van der Waals surface area contributed by atoms with Gasteiger partial charge in [0.15, 0.2) is 0 Å². The molecule has 0 unspecified atom stereocenters. The van der Waals surface area contributed by atoms with Gasteiger partial charge < -0.3 is 4.57 Å². The van der Waals surface area contributed by atoms with Crippen LogP contribution >= 0.6 is 0 Å². The molecule has 34 heavy (non-hydrogen) atoms. The molecule has 0 fully saturated rings. The van der Waals surface area contributed by atoms with Crippen LogP contribution in [0.2, 0.25) is 0 Å². The second kappa shape index (κ2) is 6.42. The van der Waals surface area contributed by atoms with Gasteiger partial charge in [0.05, 0.1) is 28.3 Å². The first-order valence-corrected chi connectivity index (χ1v) is 11.4. The van der Waals surface area contributed by atoms with E-state index >= 15 is 0 Å². The molecule has 0 aliphatic carbocycles. The number of rotatable bonds is 1. The molecule has 8 rings (SSSR count). The minimum absolute atomic E-state index is 0.906. The molecule has 0 bridgehead atoms. The van der Waals surface area contributed by atoms with Gasteiger partial charge in [0, 0.05) is 38.8 Å². The third-order valence-corrected chi connectivity index (χ3v) is 6.96. The van der Waals surface area contributed by atoms with E-state index in [2.05, 4.69) is 105 Å². The molecular weight excluding hydrogens is 416 g/mol. The van der Waals surface area contributed by atoms with E-state index in [0.717, 1.165) is 33.3 Å². The molecule has 4 heterocycles. The van der Waals surface area contributed by atoms with Gasteiger partial charge in [-0.15, -0.1) is 0 Å². The molecule has 8 aromatic rings. The smallest absolute Gasteiger partial charge is 0.146 e. The quantitative estimate of drug-likeness (QED) is 0.254. The zero-order valence-electron chi connectivity index (χ0n) is 18.2. The van der Waals surface area contributed by atoms with Crippen molar-refractivity contribution in [1.82, 2.24) is 18.9 Å². The highest BCUT2D eigenvalue weighted by Crippen LogP contribution is 2.41. The van der Waals surface area contributed by atoms with E-state index in [1.54, 1.807) is 0 Å². The van der Waals surface area contributed by atoms with E-state index in [4.69, 9.17) is 4.98 Å². The SMILES string of the molecule is c1ccc(-n2c3ccccc3c3ccc4c(c5ccccc5n5c6ccncc6nc45)c32)cc1. The van der Waals surface area contributed by atoms with Gasteiger partial charge in [-0.2, -0.15) is 0 Å². The second-order valence-electron chi connectivity index (χ2n) is 8.72. The summed E-state index contributed by atoms with van der Waals surface area (Å²) in [6.07, 6.45) is 3.69. The fourth-order valence-electron chi connectivity index (χ4n) is 5.60. The van der Waals surface area contributed by atoms with E-state index in [-0.39, 0.29) is 0 Å². The van der Waals surface area contributed by atoms with Crippen molar-refractivity contribution in [3.8, 4) is 5.69 Å². The molecule has 4 aromatic heterocycles. The summed E-state index contributed by atoms with van der Waals surface area (Å²) in [6.45, 7) is 0. The van der Waals surface area contributed by atoms with Crippen molar-refractivity contribution in [3.05, 3.63) is 109 Å². The largest absolute Gasteiger partial charge is 0.309 e. The number of para-hydroxylation sites is 3. The summed E-state index contributed by atoms with van der Waals surface area (Å²) in [4.78, 5) is 9.37. The van der Waals surface area contributed by atoms with E-state index in [1.807, 2.05) is 18.5 Å². The van der Waals surface area contributed by atoms with Crippen molar-refractivity contribution in [2.75, 3.05) is 0 Å². The Bertz CT molecular complexity index is 2060. The number of aromatic nitrogens is 4. The van der Waals surface area contributed by atoms with Crippen molar-refractivity contribution < 1.29 is 0 Å². The van der Waals surface area contributed by atoms with Gasteiger partial charge in [0.25, 0.3) is 0 Å². The zero-order chi connectivity index (χ0) is 22.2. The standard InChI is InChI=1S/C30H18N4/c1-2-8-19(9-3-1)33-25-12-6-4-10-20(25)21-14-15-23-28(29(21)33)22-11-5-7-13-26(22)34-27-16-17-31-18-24(27)32-30(23)34/h1-18H. The third kappa shape index (κ3) is 2.17. The third-order valence-electron chi connectivity index (χ3n) is 6.96. The molecule has 158 valence electrons. The Morgan fingerprint density at radius 2 is 1.29 bits per heavy atom. The Hall–Kier alpha value is -4.70. The summed E-state index contributed by atoms with van der Waals surface area (Å²) in [6, 6.07) is 34.5. The summed E-state index contributed by atoms with van der Waals surface area (Å²) in [5.74, 6) is 0. The Kier molecular flexibility index (Phi) is 3.36. The van der Waals surface area contributed by atoms with Crippen LogP contribution in [0, 0.1) is 0 Å². The van der Waals surface area contributed by atoms with Gasteiger partial charge in [-0.1, -0.05) is 60.7 Å². The van der Waals surface area contributed by atoms with Gasteiger partial charge in [-0.25, -0.2) is 4.98 Å². The lowest BCUT2D eigenvalue weighted by Crippen LogP contribution is -1.96. The molecule has 4 nitrogen and oxygen atoms in total. The van der Waals surface area contributed by atoms with Crippen molar-refractivity contribution >= 4 is 60.2 Å². The minimum Gasteiger partial charge on any atom is -0.309 e. The first-order chi connectivity index (χ1) is 16.9. The maximum absolute atomic E-state index is 5.05. The average molecular weight is 435 g/mol. The average Bonchev–Trinajstić information content (AvgIpc) is 3.46. The van der Waals surface area contributed by atoms with Gasteiger partial charge in [0.1, 0.15) is 11.2 Å². The Labute approximate surface area is 194 Å². The van der Waals surface area contributed by atoms with Crippen LogP contribution in [0.4, 0.5) is 0 Å². The molecule has 0 spiro atoms. The van der Waals surface area contributed by atoms with Gasteiger partial charge >= 0.3 is 0 Å². The van der Waals surface area contributed by atoms with Crippen LogP contribution < -0.4 is 0 Å². The second-order valence-corrected chi connectivity index (χ2v) is 8.72. The van der Waals surface area contributed by atoms with Gasteiger partial charge in [-0.05, 0) is 36.4 Å². The summed E-state index contributed by atoms with van der Waals surface area (Å²) < 4.78 is 4.68. The van der Waals surface area contributed by atoms with Crippen molar-refractivity contribution in [2.45, 2.75) is 0 Å². The van der Waals surface area contributed by atoms with Crippen LogP contribution in [-0.2, 0) is 0 Å². The Balaban J connectivity index is 1.73. The monoisotopic (exact) mass is 434 g/mol. The van der Waals surface area contributed by atoms with Crippen LogP contribution in [-0.4, -0.2) is 18.9 Å². The molecule has 0 aliphatic heterocycles. The highest BCUT2D eigenvalue weighted by Gasteiger charge is 2.20. The number of pyridine rings is 2. The number of nitrogens with zero attached hydrogens (tertiary/aromatic N) is 4. The number of hydrogen-bond acceptors (Lipinski definition) is 2. The number of fused-ring (bicyclic) bond motifs is 12. The van der Waals surface area contributed by atoms with E-state index < -0.39 is 0 Å². The highest BCUT2D eigenvalue weighted by atomic mass is 15.0. The lowest BCUT2D eigenvalue weighted by atomic mass is 10.0. The molecule has 4 heteroatoms. The first-order valence-electron chi connectivity index (χ1n) is 11.4. The summed E-state index contributed by atoms with van der Waals surface area (Å²) in [5, 5.41) is 6.09. The van der Waals surface area contributed by atoms with Gasteiger partial charge in [-0.3, -0.25) is 9.38 Å². The van der Waals surface area contributed by atoms with E-state index in [1.165, 1.54) is 32.6 Å². The fourth-order valence-corrected chi connectivity index (χ4v) is 5.60. The molecular formula is C30H18N4. The van der Waals surface area contributed by atoms with Crippen LogP contribution in [0.1, 0.15) is 0 Å². The zero-order valence-corrected chi connectivity index (χ0v) is 18.2. The maximum Gasteiger partial charge on any atom is 0.146 e. The van der Waals surface area contributed by atoms with Crippen LogP contribution in [0.5, 0.6) is 0 Å². The lowest BCUT2D eigenvalue weighted by Gasteiger charge is -2.13. The molecule has 0 N–H and O–H groups in total. The molecule has 0 atom stereocenters. The molecule has 0 saturated carbocycles. The lowest BCUT2D eigenvalue weighted by molar-refractivity contribution is 1.19. The summed E-state index contributed by atoms with van der Waals surface area (Å²) >= 11 is 0. The maximum atomic E-state index is 5.05. The number of benzene rings is 4. The minimum atomic E-state index is 0.906. The van der Waals surface area contributed by atoms with Gasteiger partial charge in [0.2, 0.25) is 0 Å².